The molecule has 0 atom stereocenters. The maximum atomic E-state index is 5.70. The van der Waals surface area contributed by atoms with Crippen LogP contribution in [0, 0.1) is 6.92 Å². The second-order valence-corrected chi connectivity index (χ2v) is 3.97. The quantitative estimate of drug-likeness (QED) is 0.872. The molecule has 0 aliphatic rings. The molecule has 2 rings (SSSR count). The fraction of sp³-hybridized carbons (Fsp3) is 0.417. The fourth-order valence-electron chi connectivity index (χ4n) is 1.75. The van der Waals surface area contributed by atoms with Crippen molar-refractivity contribution in [1.29, 1.82) is 0 Å². The predicted molar refractivity (Wildman–Crippen MR) is 67.1 cm³/mol. The molecule has 0 aromatic carbocycles. The van der Waals surface area contributed by atoms with Crippen molar-refractivity contribution in [2.75, 3.05) is 5.73 Å². The molecule has 5 heteroatoms. The van der Waals surface area contributed by atoms with Crippen LogP contribution >= 0.6 is 0 Å². The van der Waals surface area contributed by atoms with Gasteiger partial charge in [0.15, 0.2) is 11.6 Å². The Morgan fingerprint density at radius 3 is 2.65 bits per heavy atom. The number of rotatable bonds is 3. The molecule has 0 amide bonds. The molecule has 0 radical (unpaired) electrons. The van der Waals surface area contributed by atoms with E-state index in [1.54, 1.807) is 6.20 Å². The molecular formula is C12H17N5. The molecule has 0 saturated carbocycles. The minimum atomic E-state index is 0.667. The van der Waals surface area contributed by atoms with Gasteiger partial charge in [-0.1, -0.05) is 13.8 Å². The lowest BCUT2D eigenvalue weighted by Gasteiger charge is -2.07. The van der Waals surface area contributed by atoms with Crippen LogP contribution in [0.4, 0.5) is 5.69 Å². The Kier molecular flexibility index (Phi) is 3.08. The molecule has 2 aromatic heterocycles. The highest BCUT2D eigenvalue weighted by molar-refractivity contribution is 5.44. The van der Waals surface area contributed by atoms with Crippen molar-refractivity contribution in [2.24, 2.45) is 0 Å². The van der Waals surface area contributed by atoms with Gasteiger partial charge in [-0.3, -0.25) is 0 Å². The summed E-state index contributed by atoms with van der Waals surface area (Å²) in [6.07, 6.45) is 3.31. The summed E-state index contributed by atoms with van der Waals surface area (Å²) in [5, 5.41) is 4.46. The van der Waals surface area contributed by atoms with Crippen molar-refractivity contribution in [3.63, 3.8) is 0 Å². The normalized spacial score (nSPS) is 10.8. The van der Waals surface area contributed by atoms with E-state index in [1.165, 1.54) is 0 Å². The topological polar surface area (TPSA) is 69.6 Å². The van der Waals surface area contributed by atoms with Crippen molar-refractivity contribution >= 4 is 5.69 Å². The average molecular weight is 231 g/mol. The molecule has 2 N–H and O–H groups in total. The summed E-state index contributed by atoms with van der Waals surface area (Å²) in [6.45, 7) is 6.08. The van der Waals surface area contributed by atoms with Crippen LogP contribution in [-0.4, -0.2) is 19.7 Å². The van der Waals surface area contributed by atoms with Crippen LogP contribution < -0.4 is 5.73 Å². The van der Waals surface area contributed by atoms with E-state index in [2.05, 4.69) is 22.0 Å². The second kappa shape index (κ2) is 4.53. The van der Waals surface area contributed by atoms with Crippen LogP contribution in [-0.2, 0) is 12.8 Å². The first-order chi connectivity index (χ1) is 8.15. The predicted octanol–water partition coefficient (Wildman–Crippen LogP) is 1.68. The van der Waals surface area contributed by atoms with E-state index in [4.69, 9.17) is 5.73 Å². The van der Waals surface area contributed by atoms with Crippen molar-refractivity contribution in [1.82, 2.24) is 19.7 Å². The number of pyridine rings is 1. The first-order valence-electron chi connectivity index (χ1n) is 5.83. The zero-order chi connectivity index (χ0) is 12.4. The molecule has 0 unspecified atom stereocenters. The molecular weight excluding hydrogens is 214 g/mol. The van der Waals surface area contributed by atoms with Crippen molar-refractivity contribution in [3.05, 3.63) is 29.5 Å². The smallest absolute Gasteiger partial charge is 0.158 e. The first kappa shape index (κ1) is 11.6. The van der Waals surface area contributed by atoms with Gasteiger partial charge < -0.3 is 5.73 Å². The average Bonchev–Trinajstić information content (AvgIpc) is 2.72. The van der Waals surface area contributed by atoms with Gasteiger partial charge in [-0.2, -0.15) is 4.68 Å². The standard InChI is InChI=1S/C12H17N5/c1-4-10-15-11(5-2)17(16-10)12-8(3)6-9(13)7-14-12/h6-7H,4-5,13H2,1-3H3. The molecule has 0 saturated heterocycles. The summed E-state index contributed by atoms with van der Waals surface area (Å²) in [4.78, 5) is 8.81. The molecule has 90 valence electrons. The molecule has 0 aliphatic carbocycles. The molecule has 0 bridgehead atoms. The summed E-state index contributed by atoms with van der Waals surface area (Å²) >= 11 is 0. The van der Waals surface area contributed by atoms with Gasteiger partial charge >= 0.3 is 0 Å². The molecule has 0 fully saturated rings. The van der Waals surface area contributed by atoms with Gasteiger partial charge in [0.05, 0.1) is 11.9 Å². The molecule has 17 heavy (non-hydrogen) atoms. The number of aromatic nitrogens is 4. The SMILES string of the molecule is CCc1nc(CC)n(-c2ncc(N)cc2C)n1. The number of nitrogens with zero attached hydrogens (tertiary/aromatic N) is 4. The second-order valence-electron chi connectivity index (χ2n) is 3.97. The number of nitrogen functional groups attached to an aromatic ring is 1. The Morgan fingerprint density at radius 1 is 1.29 bits per heavy atom. The number of aryl methyl sites for hydroxylation is 3. The summed E-state index contributed by atoms with van der Waals surface area (Å²) < 4.78 is 1.81. The highest BCUT2D eigenvalue weighted by Crippen LogP contribution is 2.15. The Morgan fingerprint density at radius 2 is 2.06 bits per heavy atom. The van der Waals surface area contributed by atoms with Gasteiger partial charge in [0.1, 0.15) is 5.82 Å². The Balaban J connectivity index is 2.55. The Bertz CT molecular complexity index is 530. The third-order valence-electron chi connectivity index (χ3n) is 2.62. The zero-order valence-corrected chi connectivity index (χ0v) is 10.4. The molecule has 0 aliphatic heterocycles. The summed E-state index contributed by atoms with van der Waals surface area (Å²) in [6, 6.07) is 1.90. The number of nitrogens with two attached hydrogens (primary N) is 1. The molecule has 2 heterocycles. The maximum absolute atomic E-state index is 5.70. The third-order valence-corrected chi connectivity index (χ3v) is 2.62. The van der Waals surface area contributed by atoms with Crippen LogP contribution in [0.5, 0.6) is 0 Å². The fourth-order valence-corrected chi connectivity index (χ4v) is 1.75. The van der Waals surface area contributed by atoms with E-state index in [1.807, 2.05) is 24.6 Å². The van der Waals surface area contributed by atoms with E-state index in [0.29, 0.717) is 5.69 Å². The largest absolute Gasteiger partial charge is 0.397 e. The van der Waals surface area contributed by atoms with Crippen LogP contribution in [0.1, 0.15) is 31.1 Å². The van der Waals surface area contributed by atoms with Crippen LogP contribution in [0.3, 0.4) is 0 Å². The van der Waals surface area contributed by atoms with Gasteiger partial charge in [0, 0.05) is 12.8 Å². The van der Waals surface area contributed by atoms with E-state index in [0.717, 1.165) is 35.9 Å². The molecule has 0 spiro atoms. The van der Waals surface area contributed by atoms with Crippen LogP contribution in [0.2, 0.25) is 0 Å². The molecule has 5 nitrogen and oxygen atoms in total. The van der Waals surface area contributed by atoms with Crippen molar-refractivity contribution in [2.45, 2.75) is 33.6 Å². The summed E-state index contributed by atoms with van der Waals surface area (Å²) in [7, 11) is 0. The lowest BCUT2D eigenvalue weighted by molar-refractivity contribution is 0.764. The van der Waals surface area contributed by atoms with Crippen molar-refractivity contribution < 1.29 is 0 Å². The lowest BCUT2D eigenvalue weighted by atomic mass is 10.2. The zero-order valence-electron chi connectivity index (χ0n) is 10.4. The summed E-state index contributed by atoms with van der Waals surface area (Å²) in [5.41, 5.74) is 7.37. The first-order valence-corrected chi connectivity index (χ1v) is 5.83. The highest BCUT2D eigenvalue weighted by atomic mass is 15.4. The van der Waals surface area contributed by atoms with E-state index < -0.39 is 0 Å². The van der Waals surface area contributed by atoms with Gasteiger partial charge in [0.25, 0.3) is 0 Å². The minimum absolute atomic E-state index is 0.667. The third kappa shape index (κ3) is 2.13. The Hall–Kier alpha value is -1.91. The summed E-state index contributed by atoms with van der Waals surface area (Å²) in [5.74, 6) is 2.59. The van der Waals surface area contributed by atoms with Gasteiger partial charge in [-0.15, -0.1) is 5.10 Å². The van der Waals surface area contributed by atoms with Gasteiger partial charge in [0.2, 0.25) is 0 Å². The Labute approximate surface area is 101 Å². The lowest BCUT2D eigenvalue weighted by Crippen LogP contribution is -2.07. The van der Waals surface area contributed by atoms with E-state index in [-0.39, 0.29) is 0 Å². The van der Waals surface area contributed by atoms with E-state index >= 15 is 0 Å². The van der Waals surface area contributed by atoms with Gasteiger partial charge in [-0.25, -0.2) is 9.97 Å². The van der Waals surface area contributed by atoms with Crippen LogP contribution in [0.15, 0.2) is 12.3 Å². The van der Waals surface area contributed by atoms with Gasteiger partial charge in [-0.05, 0) is 18.6 Å². The van der Waals surface area contributed by atoms with Crippen molar-refractivity contribution in [3.8, 4) is 5.82 Å². The van der Waals surface area contributed by atoms with Crippen LogP contribution in [0.25, 0.3) is 5.82 Å². The maximum Gasteiger partial charge on any atom is 0.158 e. The molecule has 2 aromatic rings. The minimum Gasteiger partial charge on any atom is -0.397 e. The highest BCUT2D eigenvalue weighted by Gasteiger charge is 2.12. The van der Waals surface area contributed by atoms with E-state index in [9.17, 15) is 0 Å². The number of hydrogen-bond acceptors (Lipinski definition) is 4. The number of hydrogen-bond donors (Lipinski definition) is 1. The number of anilines is 1. The monoisotopic (exact) mass is 231 g/mol.